The highest BCUT2D eigenvalue weighted by Gasteiger charge is 2.33. The van der Waals surface area contributed by atoms with Crippen LogP contribution >= 0.6 is 11.3 Å². The van der Waals surface area contributed by atoms with Crippen molar-refractivity contribution < 1.29 is 9.59 Å². The van der Waals surface area contributed by atoms with E-state index < -0.39 is 5.91 Å². The quantitative estimate of drug-likeness (QED) is 0.945. The molecule has 0 unspecified atom stereocenters. The summed E-state index contributed by atoms with van der Waals surface area (Å²) in [7, 11) is 0. The van der Waals surface area contributed by atoms with Gasteiger partial charge in [-0.25, -0.2) is 4.98 Å². The van der Waals surface area contributed by atoms with E-state index in [1.165, 1.54) is 0 Å². The summed E-state index contributed by atoms with van der Waals surface area (Å²) in [6.45, 7) is 2.62. The van der Waals surface area contributed by atoms with Gasteiger partial charge in [0.15, 0.2) is 0 Å². The van der Waals surface area contributed by atoms with Gasteiger partial charge in [-0.3, -0.25) is 9.59 Å². The number of thiazole rings is 1. The number of likely N-dealkylation sites (tertiary alicyclic amines) is 1. The molecule has 5 nitrogen and oxygen atoms in total. The van der Waals surface area contributed by atoms with Crippen LogP contribution < -0.4 is 5.73 Å². The highest BCUT2D eigenvalue weighted by Crippen LogP contribution is 2.35. The molecule has 2 heterocycles. The highest BCUT2D eigenvalue weighted by atomic mass is 32.1. The average Bonchev–Trinajstić information content (AvgIpc) is 3.14. The van der Waals surface area contributed by atoms with Crippen molar-refractivity contribution in [2.45, 2.75) is 25.8 Å². The maximum atomic E-state index is 12.9. The number of hydrogen-bond donors (Lipinski definition) is 1. The number of carbonyl (C=O) groups is 2. The molecule has 0 spiro atoms. The number of carbonyl (C=O) groups excluding carboxylic acids is 2. The van der Waals surface area contributed by atoms with Gasteiger partial charge in [-0.05, 0) is 31.9 Å². The molecule has 1 atom stereocenters. The zero-order valence-corrected chi connectivity index (χ0v) is 13.1. The lowest BCUT2D eigenvalue weighted by molar-refractivity contribution is 0.0730. The summed E-state index contributed by atoms with van der Waals surface area (Å²) < 4.78 is 0. The van der Waals surface area contributed by atoms with E-state index in [1.54, 1.807) is 40.5 Å². The molecule has 1 aliphatic rings. The van der Waals surface area contributed by atoms with Crippen molar-refractivity contribution in [2.75, 3.05) is 6.54 Å². The lowest BCUT2D eigenvalue weighted by Gasteiger charge is -2.24. The van der Waals surface area contributed by atoms with E-state index in [1.807, 2.05) is 12.3 Å². The smallest absolute Gasteiger partial charge is 0.255 e. The van der Waals surface area contributed by atoms with Crippen LogP contribution in [0.4, 0.5) is 0 Å². The Morgan fingerprint density at radius 3 is 2.68 bits per heavy atom. The first kappa shape index (κ1) is 14.7. The van der Waals surface area contributed by atoms with Gasteiger partial charge in [0.25, 0.3) is 5.91 Å². The van der Waals surface area contributed by atoms with E-state index >= 15 is 0 Å². The van der Waals surface area contributed by atoms with Crippen molar-refractivity contribution in [1.82, 2.24) is 9.88 Å². The van der Waals surface area contributed by atoms with E-state index in [-0.39, 0.29) is 17.5 Å². The molecule has 0 aliphatic carbocycles. The summed E-state index contributed by atoms with van der Waals surface area (Å²) in [6, 6.07) is 6.70. The van der Waals surface area contributed by atoms with Crippen LogP contribution in [0.5, 0.6) is 0 Å². The Morgan fingerprint density at radius 1 is 1.32 bits per heavy atom. The lowest BCUT2D eigenvalue weighted by atomic mass is 10.1. The average molecular weight is 315 g/mol. The molecule has 0 saturated carbocycles. The number of amides is 2. The fourth-order valence-corrected chi connectivity index (χ4v) is 3.77. The minimum Gasteiger partial charge on any atom is -0.366 e. The molecular formula is C16H17N3O2S. The van der Waals surface area contributed by atoms with Gasteiger partial charge in [-0.2, -0.15) is 0 Å². The number of rotatable bonds is 3. The second-order valence-corrected chi connectivity index (χ2v) is 6.28. The van der Waals surface area contributed by atoms with E-state index in [0.29, 0.717) is 12.1 Å². The molecule has 0 radical (unpaired) electrons. The predicted octanol–water partition coefficient (Wildman–Crippen LogP) is 2.53. The molecule has 2 amide bonds. The lowest BCUT2D eigenvalue weighted by Crippen LogP contribution is -2.32. The van der Waals surface area contributed by atoms with E-state index in [2.05, 4.69) is 4.98 Å². The molecule has 1 aliphatic heterocycles. The first-order chi connectivity index (χ1) is 10.6. The van der Waals surface area contributed by atoms with Gasteiger partial charge in [-0.1, -0.05) is 12.1 Å². The summed E-state index contributed by atoms with van der Waals surface area (Å²) in [4.78, 5) is 30.7. The van der Waals surface area contributed by atoms with Gasteiger partial charge in [0.2, 0.25) is 5.91 Å². The molecule has 2 N–H and O–H groups in total. The Morgan fingerprint density at radius 2 is 2.05 bits per heavy atom. The zero-order chi connectivity index (χ0) is 15.7. The standard InChI is InChI=1S/C16H17N3O2S/c1-10-9-22-15(18-10)13-7-4-8-19(13)16(21)12-6-3-2-5-11(12)14(17)20/h2-3,5-6,9,13H,4,7-8H2,1H3,(H2,17,20)/t13-/m1/s1. The van der Waals surface area contributed by atoms with Crippen molar-refractivity contribution in [2.24, 2.45) is 5.73 Å². The fourth-order valence-electron chi connectivity index (χ4n) is 2.83. The zero-order valence-electron chi connectivity index (χ0n) is 12.3. The normalized spacial score (nSPS) is 17.7. The number of aromatic nitrogens is 1. The maximum absolute atomic E-state index is 12.9. The molecule has 22 heavy (non-hydrogen) atoms. The van der Waals surface area contributed by atoms with Crippen LogP contribution in [0.3, 0.4) is 0 Å². The van der Waals surface area contributed by atoms with Gasteiger partial charge in [-0.15, -0.1) is 11.3 Å². The molecule has 1 aromatic carbocycles. The van der Waals surface area contributed by atoms with Crippen molar-refractivity contribution in [3.8, 4) is 0 Å². The van der Waals surface area contributed by atoms with Gasteiger partial charge < -0.3 is 10.6 Å². The number of primary amides is 1. The molecule has 6 heteroatoms. The van der Waals surface area contributed by atoms with Crippen molar-refractivity contribution >= 4 is 23.2 Å². The first-order valence-corrected chi connectivity index (χ1v) is 8.07. The van der Waals surface area contributed by atoms with E-state index in [0.717, 1.165) is 23.5 Å². The SMILES string of the molecule is Cc1csc([C@H]2CCCN2C(=O)c2ccccc2C(N)=O)n1. The van der Waals surface area contributed by atoms with Crippen LogP contribution in [0.1, 0.15) is 50.3 Å². The third-order valence-corrected chi connectivity index (χ3v) is 4.92. The Hall–Kier alpha value is -2.21. The van der Waals surface area contributed by atoms with Crippen LogP contribution in [0.25, 0.3) is 0 Å². The summed E-state index contributed by atoms with van der Waals surface area (Å²) >= 11 is 1.58. The number of benzene rings is 1. The Labute approximate surface area is 132 Å². The van der Waals surface area contributed by atoms with Crippen LogP contribution in [-0.2, 0) is 0 Å². The van der Waals surface area contributed by atoms with Crippen LogP contribution in [-0.4, -0.2) is 28.2 Å². The molecule has 114 valence electrons. The first-order valence-electron chi connectivity index (χ1n) is 7.19. The molecule has 0 bridgehead atoms. The second-order valence-electron chi connectivity index (χ2n) is 5.39. The van der Waals surface area contributed by atoms with Gasteiger partial charge in [0.1, 0.15) is 5.01 Å². The van der Waals surface area contributed by atoms with Crippen LogP contribution in [0.15, 0.2) is 29.6 Å². The minimum atomic E-state index is -0.579. The van der Waals surface area contributed by atoms with Gasteiger partial charge in [0.05, 0.1) is 17.2 Å². The number of nitrogens with zero attached hydrogens (tertiary/aromatic N) is 2. The van der Waals surface area contributed by atoms with Crippen LogP contribution in [0.2, 0.25) is 0 Å². The maximum Gasteiger partial charge on any atom is 0.255 e. The Bertz CT molecular complexity index is 726. The monoisotopic (exact) mass is 315 g/mol. The molecule has 1 fully saturated rings. The molecular weight excluding hydrogens is 298 g/mol. The summed E-state index contributed by atoms with van der Waals surface area (Å²) in [5, 5.41) is 2.95. The van der Waals surface area contributed by atoms with E-state index in [9.17, 15) is 9.59 Å². The molecule has 1 aromatic heterocycles. The summed E-state index contributed by atoms with van der Waals surface area (Å²) in [5.41, 5.74) is 6.99. The molecule has 3 rings (SSSR count). The van der Waals surface area contributed by atoms with Crippen molar-refractivity contribution in [3.63, 3.8) is 0 Å². The molecule has 2 aromatic rings. The number of aryl methyl sites for hydroxylation is 1. The third kappa shape index (κ3) is 2.62. The largest absolute Gasteiger partial charge is 0.366 e. The Kier molecular flexibility index (Phi) is 3.94. The van der Waals surface area contributed by atoms with Crippen molar-refractivity contribution in [1.29, 1.82) is 0 Å². The number of nitrogens with two attached hydrogens (primary N) is 1. The Balaban J connectivity index is 1.93. The van der Waals surface area contributed by atoms with Gasteiger partial charge in [0, 0.05) is 17.6 Å². The number of hydrogen-bond acceptors (Lipinski definition) is 4. The van der Waals surface area contributed by atoms with Crippen LogP contribution in [0, 0.1) is 6.92 Å². The highest BCUT2D eigenvalue weighted by molar-refractivity contribution is 7.09. The third-order valence-electron chi connectivity index (χ3n) is 3.86. The summed E-state index contributed by atoms with van der Waals surface area (Å²) in [6.07, 6.45) is 1.84. The molecule has 1 saturated heterocycles. The predicted molar refractivity (Wildman–Crippen MR) is 84.8 cm³/mol. The van der Waals surface area contributed by atoms with Gasteiger partial charge >= 0.3 is 0 Å². The second kappa shape index (κ2) is 5.88. The van der Waals surface area contributed by atoms with Crippen molar-refractivity contribution in [3.05, 3.63) is 51.5 Å². The fraction of sp³-hybridized carbons (Fsp3) is 0.312. The topological polar surface area (TPSA) is 76.3 Å². The summed E-state index contributed by atoms with van der Waals surface area (Å²) in [5.74, 6) is -0.727. The van der Waals surface area contributed by atoms with E-state index in [4.69, 9.17) is 5.73 Å². The minimum absolute atomic E-state index is 0.00728.